The van der Waals surface area contributed by atoms with Crippen molar-refractivity contribution in [2.45, 2.75) is 18.8 Å². The van der Waals surface area contributed by atoms with Gasteiger partial charge < -0.3 is 0 Å². The Labute approximate surface area is 108 Å². The Hall–Kier alpha value is -1.05. The minimum absolute atomic E-state index is 0.312. The summed E-state index contributed by atoms with van der Waals surface area (Å²) in [5.41, 5.74) is 0.958. The van der Waals surface area contributed by atoms with Crippen LogP contribution in [0.5, 0.6) is 0 Å². The molecular weight excluding hydrogens is 252 g/mol. The summed E-state index contributed by atoms with van der Waals surface area (Å²) in [6, 6.07) is 0. The second-order valence-corrected chi connectivity index (χ2v) is 6.74. The predicted octanol–water partition coefficient (Wildman–Crippen LogP) is 0.462. The van der Waals surface area contributed by atoms with Gasteiger partial charge in [0, 0.05) is 51.7 Å². The van der Waals surface area contributed by atoms with Crippen molar-refractivity contribution in [1.29, 1.82) is 0 Å². The molecule has 1 aliphatic rings. The molecular formula is C11H18N4O2S. The molecule has 2 heterocycles. The number of nitrogens with zero attached hydrogens (tertiary/aromatic N) is 4. The van der Waals surface area contributed by atoms with E-state index in [2.05, 4.69) is 9.97 Å². The molecule has 0 amide bonds. The van der Waals surface area contributed by atoms with Crippen molar-refractivity contribution in [3.05, 3.63) is 24.3 Å². The Morgan fingerprint density at radius 2 is 1.94 bits per heavy atom. The van der Waals surface area contributed by atoms with E-state index in [-0.39, 0.29) is 0 Å². The van der Waals surface area contributed by atoms with Gasteiger partial charge in [-0.2, -0.15) is 17.0 Å². The van der Waals surface area contributed by atoms with E-state index in [1.165, 1.54) is 8.61 Å². The molecule has 1 aromatic rings. The van der Waals surface area contributed by atoms with Crippen molar-refractivity contribution in [2.24, 2.45) is 0 Å². The van der Waals surface area contributed by atoms with Crippen LogP contribution in [0.1, 0.15) is 24.5 Å². The largest absolute Gasteiger partial charge is 0.281 e. The molecule has 100 valence electrons. The van der Waals surface area contributed by atoms with Crippen LogP contribution in [0.15, 0.2) is 18.6 Å². The fraction of sp³-hybridized carbons (Fsp3) is 0.636. The number of aromatic nitrogens is 2. The van der Waals surface area contributed by atoms with Gasteiger partial charge >= 0.3 is 0 Å². The Morgan fingerprint density at radius 1 is 1.28 bits per heavy atom. The summed E-state index contributed by atoms with van der Waals surface area (Å²) in [7, 11) is -0.156. The Balaban J connectivity index is 2.01. The molecule has 18 heavy (non-hydrogen) atoms. The highest BCUT2D eigenvalue weighted by Crippen LogP contribution is 2.27. The van der Waals surface area contributed by atoms with Gasteiger partial charge in [0.1, 0.15) is 0 Å². The average molecular weight is 270 g/mol. The topological polar surface area (TPSA) is 66.4 Å². The standard InChI is InChI=1S/C11H18N4O2S/c1-14(2)18(16,17)15-7-3-10(4-8-15)11-9-12-5-6-13-11/h5-6,9-10H,3-4,7-8H2,1-2H3. The molecule has 0 bridgehead atoms. The zero-order chi connectivity index (χ0) is 13.2. The van der Waals surface area contributed by atoms with Crippen LogP contribution >= 0.6 is 0 Å². The molecule has 1 aromatic heterocycles. The highest BCUT2D eigenvalue weighted by Gasteiger charge is 2.30. The maximum atomic E-state index is 12.0. The van der Waals surface area contributed by atoms with E-state index in [9.17, 15) is 8.42 Å². The van der Waals surface area contributed by atoms with Crippen LogP contribution in [0.3, 0.4) is 0 Å². The van der Waals surface area contributed by atoms with Crippen LogP contribution in [-0.4, -0.2) is 54.2 Å². The van der Waals surface area contributed by atoms with Gasteiger partial charge in [0.2, 0.25) is 0 Å². The number of hydrogen-bond acceptors (Lipinski definition) is 4. The molecule has 0 saturated carbocycles. The fourth-order valence-electron chi connectivity index (χ4n) is 2.13. The molecule has 0 atom stereocenters. The minimum atomic E-state index is -3.27. The Bertz CT molecular complexity index is 481. The van der Waals surface area contributed by atoms with Gasteiger partial charge in [-0.1, -0.05) is 0 Å². The van der Waals surface area contributed by atoms with E-state index in [4.69, 9.17) is 0 Å². The molecule has 0 radical (unpaired) electrons. The van der Waals surface area contributed by atoms with Crippen LogP contribution in [0.4, 0.5) is 0 Å². The lowest BCUT2D eigenvalue weighted by Crippen LogP contribution is -2.44. The molecule has 0 N–H and O–H groups in total. The predicted molar refractivity (Wildman–Crippen MR) is 68.2 cm³/mol. The average Bonchev–Trinajstić information content (AvgIpc) is 2.40. The lowest BCUT2D eigenvalue weighted by molar-refractivity contribution is 0.300. The first-order chi connectivity index (χ1) is 8.51. The van der Waals surface area contributed by atoms with E-state index < -0.39 is 10.2 Å². The quantitative estimate of drug-likeness (QED) is 0.800. The van der Waals surface area contributed by atoms with E-state index in [0.29, 0.717) is 19.0 Å². The molecule has 0 aliphatic carbocycles. The van der Waals surface area contributed by atoms with Crippen LogP contribution in [0.2, 0.25) is 0 Å². The number of rotatable bonds is 3. The number of hydrogen-bond donors (Lipinski definition) is 0. The maximum absolute atomic E-state index is 12.0. The molecule has 7 heteroatoms. The molecule has 6 nitrogen and oxygen atoms in total. The molecule has 0 aromatic carbocycles. The Kier molecular flexibility index (Phi) is 3.94. The van der Waals surface area contributed by atoms with E-state index in [0.717, 1.165) is 18.5 Å². The van der Waals surface area contributed by atoms with Crippen LogP contribution in [0, 0.1) is 0 Å². The van der Waals surface area contributed by atoms with Gasteiger partial charge in [0.15, 0.2) is 0 Å². The van der Waals surface area contributed by atoms with Gasteiger partial charge in [-0.15, -0.1) is 0 Å². The zero-order valence-electron chi connectivity index (χ0n) is 10.7. The third-order valence-corrected chi connectivity index (χ3v) is 5.18. The first kappa shape index (κ1) is 13.4. The summed E-state index contributed by atoms with van der Waals surface area (Å²) in [6.45, 7) is 1.09. The second kappa shape index (κ2) is 5.29. The van der Waals surface area contributed by atoms with Crippen molar-refractivity contribution in [2.75, 3.05) is 27.2 Å². The Morgan fingerprint density at radius 3 is 2.44 bits per heavy atom. The van der Waals surface area contributed by atoms with Crippen LogP contribution in [-0.2, 0) is 10.2 Å². The second-order valence-electron chi connectivity index (χ2n) is 4.59. The number of piperidine rings is 1. The third-order valence-electron chi connectivity index (χ3n) is 3.24. The van der Waals surface area contributed by atoms with Gasteiger partial charge in [-0.3, -0.25) is 9.97 Å². The molecule has 1 saturated heterocycles. The lowest BCUT2D eigenvalue weighted by atomic mass is 9.95. The van der Waals surface area contributed by atoms with Gasteiger partial charge in [-0.05, 0) is 12.8 Å². The smallest absolute Gasteiger partial charge is 0.261 e. The minimum Gasteiger partial charge on any atom is -0.261 e. The lowest BCUT2D eigenvalue weighted by Gasteiger charge is -2.32. The van der Waals surface area contributed by atoms with Crippen molar-refractivity contribution in [3.63, 3.8) is 0 Å². The molecule has 0 spiro atoms. The zero-order valence-corrected chi connectivity index (χ0v) is 11.5. The van der Waals surface area contributed by atoms with Gasteiger partial charge in [-0.25, -0.2) is 0 Å². The van der Waals surface area contributed by atoms with Crippen molar-refractivity contribution >= 4 is 10.2 Å². The third kappa shape index (κ3) is 2.68. The fourth-order valence-corrected chi connectivity index (χ4v) is 3.27. The SMILES string of the molecule is CN(C)S(=O)(=O)N1CCC(c2cnccn2)CC1. The van der Waals surface area contributed by atoms with Crippen molar-refractivity contribution in [3.8, 4) is 0 Å². The van der Waals surface area contributed by atoms with Crippen LogP contribution < -0.4 is 0 Å². The summed E-state index contributed by atoms with van der Waals surface area (Å²) >= 11 is 0. The molecule has 1 aliphatic heterocycles. The first-order valence-corrected chi connectivity index (χ1v) is 7.35. The van der Waals surface area contributed by atoms with Gasteiger partial charge in [0.25, 0.3) is 10.2 Å². The van der Waals surface area contributed by atoms with E-state index in [1.54, 1.807) is 32.7 Å². The molecule has 0 unspecified atom stereocenters. The van der Waals surface area contributed by atoms with Gasteiger partial charge in [0.05, 0.1) is 5.69 Å². The summed E-state index contributed by atoms with van der Waals surface area (Å²) in [6.07, 6.45) is 6.69. The summed E-state index contributed by atoms with van der Waals surface area (Å²) in [5, 5.41) is 0. The maximum Gasteiger partial charge on any atom is 0.281 e. The van der Waals surface area contributed by atoms with E-state index >= 15 is 0 Å². The summed E-state index contributed by atoms with van der Waals surface area (Å²) in [4.78, 5) is 8.34. The highest BCUT2D eigenvalue weighted by atomic mass is 32.2. The molecule has 2 rings (SSSR count). The van der Waals surface area contributed by atoms with Crippen molar-refractivity contribution in [1.82, 2.24) is 18.6 Å². The first-order valence-electron chi connectivity index (χ1n) is 5.95. The van der Waals surface area contributed by atoms with Crippen LogP contribution in [0.25, 0.3) is 0 Å². The normalized spacial score (nSPS) is 19.3. The molecule has 1 fully saturated rings. The van der Waals surface area contributed by atoms with Crippen molar-refractivity contribution < 1.29 is 8.42 Å². The van der Waals surface area contributed by atoms with E-state index in [1.807, 2.05) is 0 Å². The summed E-state index contributed by atoms with van der Waals surface area (Å²) in [5.74, 6) is 0.312. The summed E-state index contributed by atoms with van der Waals surface area (Å²) < 4.78 is 26.7. The monoisotopic (exact) mass is 270 g/mol. The highest BCUT2D eigenvalue weighted by molar-refractivity contribution is 7.86.